The van der Waals surface area contributed by atoms with Gasteiger partial charge < -0.3 is 15.2 Å². The fourth-order valence-corrected chi connectivity index (χ4v) is 2.27. The normalized spacial score (nSPS) is 12.0. The highest BCUT2D eigenvalue weighted by molar-refractivity contribution is 9.10. The highest BCUT2D eigenvalue weighted by atomic mass is 79.9. The maximum Gasteiger partial charge on any atom is 0.125 e. The molecule has 0 aromatic heterocycles. The molecule has 2 aromatic carbocycles. The average Bonchev–Trinajstić information content (AvgIpc) is 2.45. The Balaban J connectivity index is 2.15. The molecule has 0 amide bonds. The summed E-state index contributed by atoms with van der Waals surface area (Å²) in [5, 5.41) is 0. The van der Waals surface area contributed by atoms with Gasteiger partial charge in [-0.05, 0) is 36.8 Å². The van der Waals surface area contributed by atoms with E-state index in [0.717, 1.165) is 27.1 Å². The van der Waals surface area contributed by atoms with E-state index in [4.69, 9.17) is 15.2 Å². The van der Waals surface area contributed by atoms with E-state index in [1.54, 1.807) is 7.11 Å². The fourth-order valence-electron chi connectivity index (χ4n) is 1.93. The predicted octanol–water partition coefficient (Wildman–Crippen LogP) is 4.06. The first-order chi connectivity index (χ1) is 9.60. The van der Waals surface area contributed by atoms with Crippen LogP contribution in [0.5, 0.6) is 11.5 Å². The van der Waals surface area contributed by atoms with Gasteiger partial charge in [0.05, 0.1) is 7.11 Å². The third kappa shape index (κ3) is 3.74. The first-order valence-corrected chi connectivity index (χ1v) is 7.20. The van der Waals surface area contributed by atoms with E-state index in [1.807, 2.05) is 49.4 Å². The summed E-state index contributed by atoms with van der Waals surface area (Å²) in [6.07, 6.45) is 0. The highest BCUT2D eigenvalue weighted by Gasteiger charge is 2.09. The van der Waals surface area contributed by atoms with Crippen molar-refractivity contribution in [2.75, 3.05) is 7.11 Å². The maximum atomic E-state index is 5.96. The third-order valence-corrected chi connectivity index (χ3v) is 3.49. The standard InChI is InChI=1S/C16H18BrNO2/c1-11(18)15-7-6-13(17)9-16(15)20-10-12-4-3-5-14(8-12)19-2/h3-9,11H,10,18H2,1-2H3/t11-/m0/s1. The first kappa shape index (κ1) is 14.9. The van der Waals surface area contributed by atoms with E-state index in [9.17, 15) is 0 Å². The average molecular weight is 336 g/mol. The zero-order valence-electron chi connectivity index (χ0n) is 11.6. The van der Waals surface area contributed by atoms with Crippen molar-refractivity contribution in [2.24, 2.45) is 5.73 Å². The van der Waals surface area contributed by atoms with E-state index in [2.05, 4.69) is 15.9 Å². The zero-order chi connectivity index (χ0) is 14.5. The Kier molecular flexibility index (Phi) is 5.04. The van der Waals surface area contributed by atoms with E-state index >= 15 is 0 Å². The molecule has 0 unspecified atom stereocenters. The van der Waals surface area contributed by atoms with Crippen molar-refractivity contribution in [2.45, 2.75) is 19.6 Å². The van der Waals surface area contributed by atoms with Gasteiger partial charge in [0, 0.05) is 16.1 Å². The topological polar surface area (TPSA) is 44.5 Å². The Morgan fingerprint density at radius 1 is 1.20 bits per heavy atom. The lowest BCUT2D eigenvalue weighted by atomic mass is 10.1. The van der Waals surface area contributed by atoms with Crippen molar-refractivity contribution in [3.05, 3.63) is 58.1 Å². The van der Waals surface area contributed by atoms with Crippen LogP contribution >= 0.6 is 15.9 Å². The molecular weight excluding hydrogens is 318 g/mol. The Labute approximate surface area is 127 Å². The predicted molar refractivity (Wildman–Crippen MR) is 84.1 cm³/mol. The van der Waals surface area contributed by atoms with Gasteiger partial charge in [-0.3, -0.25) is 0 Å². The molecule has 0 aliphatic carbocycles. The van der Waals surface area contributed by atoms with Gasteiger partial charge in [0.2, 0.25) is 0 Å². The molecule has 0 spiro atoms. The lowest BCUT2D eigenvalue weighted by molar-refractivity contribution is 0.300. The summed E-state index contributed by atoms with van der Waals surface area (Å²) in [7, 11) is 1.66. The summed E-state index contributed by atoms with van der Waals surface area (Å²) in [4.78, 5) is 0. The molecule has 2 aromatic rings. The van der Waals surface area contributed by atoms with Crippen LogP contribution in [-0.4, -0.2) is 7.11 Å². The summed E-state index contributed by atoms with van der Waals surface area (Å²) in [5.41, 5.74) is 8.02. The number of rotatable bonds is 5. The Morgan fingerprint density at radius 2 is 2.00 bits per heavy atom. The smallest absolute Gasteiger partial charge is 0.125 e. The van der Waals surface area contributed by atoms with Gasteiger partial charge in [-0.25, -0.2) is 0 Å². The number of methoxy groups -OCH3 is 1. The molecule has 0 aliphatic rings. The third-order valence-electron chi connectivity index (χ3n) is 2.99. The maximum absolute atomic E-state index is 5.96. The summed E-state index contributed by atoms with van der Waals surface area (Å²) in [5.74, 6) is 1.63. The second kappa shape index (κ2) is 6.77. The van der Waals surface area contributed by atoms with Crippen LogP contribution in [0.25, 0.3) is 0 Å². The van der Waals surface area contributed by atoms with Gasteiger partial charge in [-0.2, -0.15) is 0 Å². The van der Waals surface area contributed by atoms with Crippen LogP contribution in [0.15, 0.2) is 46.9 Å². The molecule has 0 bridgehead atoms. The quantitative estimate of drug-likeness (QED) is 0.896. The largest absolute Gasteiger partial charge is 0.497 e. The van der Waals surface area contributed by atoms with Gasteiger partial charge in [-0.1, -0.05) is 34.1 Å². The van der Waals surface area contributed by atoms with E-state index in [1.165, 1.54) is 0 Å². The van der Waals surface area contributed by atoms with Crippen LogP contribution in [0.2, 0.25) is 0 Å². The van der Waals surface area contributed by atoms with Crippen molar-refractivity contribution in [1.82, 2.24) is 0 Å². The molecule has 0 aliphatic heterocycles. The molecule has 2 rings (SSSR count). The molecule has 2 N–H and O–H groups in total. The van der Waals surface area contributed by atoms with Crippen molar-refractivity contribution >= 4 is 15.9 Å². The number of hydrogen-bond donors (Lipinski definition) is 1. The molecular formula is C16H18BrNO2. The summed E-state index contributed by atoms with van der Waals surface area (Å²) < 4.78 is 12.1. The summed E-state index contributed by atoms with van der Waals surface area (Å²) >= 11 is 3.45. The second-order valence-electron chi connectivity index (χ2n) is 4.61. The van der Waals surface area contributed by atoms with Crippen LogP contribution in [-0.2, 0) is 6.61 Å². The first-order valence-electron chi connectivity index (χ1n) is 6.41. The molecule has 3 nitrogen and oxygen atoms in total. The van der Waals surface area contributed by atoms with Crippen LogP contribution in [0.3, 0.4) is 0 Å². The van der Waals surface area contributed by atoms with Crippen LogP contribution in [0.4, 0.5) is 0 Å². The Hall–Kier alpha value is -1.52. The van der Waals surface area contributed by atoms with E-state index in [-0.39, 0.29) is 6.04 Å². The Morgan fingerprint density at radius 3 is 2.70 bits per heavy atom. The molecule has 0 radical (unpaired) electrons. The number of ether oxygens (including phenoxy) is 2. The molecule has 1 atom stereocenters. The van der Waals surface area contributed by atoms with Crippen molar-refractivity contribution < 1.29 is 9.47 Å². The molecule has 0 heterocycles. The van der Waals surface area contributed by atoms with Gasteiger partial charge in [0.25, 0.3) is 0 Å². The SMILES string of the molecule is COc1cccc(COc2cc(Br)ccc2[C@H](C)N)c1. The fraction of sp³-hybridized carbons (Fsp3) is 0.250. The minimum absolute atomic E-state index is 0.0663. The molecule has 0 saturated heterocycles. The minimum Gasteiger partial charge on any atom is -0.497 e. The molecule has 20 heavy (non-hydrogen) atoms. The monoisotopic (exact) mass is 335 g/mol. The Bertz CT molecular complexity index is 584. The lowest BCUT2D eigenvalue weighted by Gasteiger charge is -2.14. The number of benzene rings is 2. The van der Waals surface area contributed by atoms with Crippen molar-refractivity contribution in [3.8, 4) is 11.5 Å². The molecule has 106 valence electrons. The van der Waals surface area contributed by atoms with Crippen LogP contribution < -0.4 is 15.2 Å². The van der Waals surface area contributed by atoms with Crippen molar-refractivity contribution in [1.29, 1.82) is 0 Å². The van der Waals surface area contributed by atoms with E-state index < -0.39 is 0 Å². The van der Waals surface area contributed by atoms with Crippen molar-refractivity contribution in [3.63, 3.8) is 0 Å². The summed E-state index contributed by atoms with van der Waals surface area (Å²) in [6, 6.07) is 13.7. The molecule has 0 saturated carbocycles. The van der Waals surface area contributed by atoms with Crippen LogP contribution in [0, 0.1) is 0 Å². The zero-order valence-corrected chi connectivity index (χ0v) is 13.2. The molecule has 0 fully saturated rings. The number of halogens is 1. The number of nitrogens with two attached hydrogens (primary N) is 1. The van der Waals surface area contributed by atoms with Gasteiger partial charge in [0.1, 0.15) is 18.1 Å². The second-order valence-corrected chi connectivity index (χ2v) is 5.53. The minimum atomic E-state index is -0.0663. The van der Waals surface area contributed by atoms with Gasteiger partial charge in [0.15, 0.2) is 0 Å². The highest BCUT2D eigenvalue weighted by Crippen LogP contribution is 2.28. The van der Waals surface area contributed by atoms with E-state index in [0.29, 0.717) is 6.61 Å². The lowest BCUT2D eigenvalue weighted by Crippen LogP contribution is -2.08. The van der Waals surface area contributed by atoms with Gasteiger partial charge >= 0.3 is 0 Å². The number of hydrogen-bond acceptors (Lipinski definition) is 3. The summed E-state index contributed by atoms with van der Waals surface area (Å²) in [6.45, 7) is 2.43. The molecule has 4 heteroatoms. The van der Waals surface area contributed by atoms with Crippen LogP contribution in [0.1, 0.15) is 24.1 Å². The van der Waals surface area contributed by atoms with Gasteiger partial charge in [-0.15, -0.1) is 0 Å².